The Hall–Kier alpha value is -4.13. The fraction of sp³-hybridized carbons (Fsp3) is 0.355. The number of nitrogens with one attached hydrogen (secondary N) is 3. The molecule has 2 fully saturated rings. The SMILES string of the molecule is COCCn1nc(C)c(-c2ccc(-c3cnc(C(=O)Nc4ccc(C(=O)N[C@H]5[C@@H]6CNC[C@@H]65)c(Cl)c4)n3C)c(F)c2F)c1C. The van der Waals surface area contributed by atoms with Gasteiger partial charge in [0.05, 0.1) is 41.3 Å². The quantitative estimate of drug-likeness (QED) is 0.256. The molecule has 2 aromatic heterocycles. The van der Waals surface area contributed by atoms with E-state index < -0.39 is 17.5 Å². The Bertz CT molecular complexity index is 1780. The average Bonchev–Trinajstić information content (AvgIpc) is 3.33. The molecule has 1 aliphatic carbocycles. The first-order chi connectivity index (χ1) is 21.1. The lowest BCUT2D eigenvalue weighted by molar-refractivity contribution is 0.0946. The van der Waals surface area contributed by atoms with Crippen LogP contribution in [0.3, 0.4) is 0 Å². The summed E-state index contributed by atoms with van der Waals surface area (Å²) in [7, 11) is 3.12. The second-order valence-corrected chi connectivity index (χ2v) is 11.6. The summed E-state index contributed by atoms with van der Waals surface area (Å²) >= 11 is 6.39. The van der Waals surface area contributed by atoms with Crippen LogP contribution in [0, 0.1) is 37.3 Å². The number of ether oxygens (including phenoxy) is 1. The molecule has 0 spiro atoms. The zero-order chi connectivity index (χ0) is 31.3. The molecule has 13 heteroatoms. The van der Waals surface area contributed by atoms with Crippen molar-refractivity contribution in [3.63, 3.8) is 0 Å². The van der Waals surface area contributed by atoms with Crippen molar-refractivity contribution < 1.29 is 23.1 Å². The fourth-order valence-electron chi connectivity index (χ4n) is 6.12. The van der Waals surface area contributed by atoms with Crippen LogP contribution in [0.5, 0.6) is 0 Å². The number of benzene rings is 2. The third-order valence-corrected chi connectivity index (χ3v) is 8.88. The van der Waals surface area contributed by atoms with Gasteiger partial charge in [0.2, 0.25) is 0 Å². The summed E-state index contributed by atoms with van der Waals surface area (Å²) in [6.45, 7) is 6.26. The second-order valence-electron chi connectivity index (χ2n) is 11.2. The zero-order valence-electron chi connectivity index (χ0n) is 24.7. The van der Waals surface area contributed by atoms with E-state index in [-0.39, 0.29) is 39.6 Å². The van der Waals surface area contributed by atoms with Gasteiger partial charge in [0.1, 0.15) is 0 Å². The molecule has 230 valence electrons. The highest BCUT2D eigenvalue weighted by molar-refractivity contribution is 6.34. The number of anilines is 1. The lowest BCUT2D eigenvalue weighted by Gasteiger charge is -2.12. The van der Waals surface area contributed by atoms with Crippen LogP contribution in [0.4, 0.5) is 14.5 Å². The number of halogens is 3. The molecule has 1 aliphatic heterocycles. The van der Waals surface area contributed by atoms with Crippen molar-refractivity contribution in [1.82, 2.24) is 30.0 Å². The number of hydrogen-bond acceptors (Lipinski definition) is 6. The van der Waals surface area contributed by atoms with E-state index in [0.29, 0.717) is 53.2 Å². The normalized spacial score (nSPS) is 18.8. The number of rotatable bonds is 9. The van der Waals surface area contributed by atoms with E-state index in [1.165, 1.54) is 29.0 Å². The highest BCUT2D eigenvalue weighted by Crippen LogP contribution is 2.42. The molecule has 2 aliphatic rings. The van der Waals surface area contributed by atoms with Gasteiger partial charge in [-0.2, -0.15) is 5.10 Å². The smallest absolute Gasteiger partial charge is 0.291 e. The highest BCUT2D eigenvalue weighted by atomic mass is 35.5. The van der Waals surface area contributed by atoms with Crippen molar-refractivity contribution in [3.8, 4) is 22.4 Å². The van der Waals surface area contributed by atoms with Crippen molar-refractivity contribution in [3.05, 3.63) is 76.0 Å². The molecule has 44 heavy (non-hydrogen) atoms. The average molecular weight is 624 g/mol. The number of aromatic nitrogens is 4. The predicted molar refractivity (Wildman–Crippen MR) is 162 cm³/mol. The summed E-state index contributed by atoms with van der Waals surface area (Å²) in [4.78, 5) is 30.0. The lowest BCUT2D eigenvalue weighted by Crippen LogP contribution is -2.32. The third kappa shape index (κ3) is 5.27. The molecule has 3 N–H and O–H groups in total. The number of carbonyl (C=O) groups is 2. The molecular formula is C31H32ClF2N7O3. The van der Waals surface area contributed by atoms with Crippen LogP contribution in [-0.4, -0.2) is 64.0 Å². The highest BCUT2D eigenvalue weighted by Gasteiger charge is 2.53. The minimum absolute atomic E-state index is 0.0261. The molecule has 0 bridgehead atoms. The number of amides is 2. The number of imidazole rings is 1. The molecule has 1 saturated heterocycles. The Kier molecular flexibility index (Phi) is 7.99. The minimum atomic E-state index is -1.06. The second kappa shape index (κ2) is 11.8. The Labute approximate surface area is 257 Å². The Morgan fingerprint density at radius 3 is 2.50 bits per heavy atom. The molecule has 3 atom stereocenters. The van der Waals surface area contributed by atoms with Crippen LogP contribution in [0.25, 0.3) is 22.4 Å². The van der Waals surface area contributed by atoms with Crippen LogP contribution in [-0.2, 0) is 18.3 Å². The molecule has 0 unspecified atom stereocenters. The van der Waals surface area contributed by atoms with Gasteiger partial charge in [-0.25, -0.2) is 13.8 Å². The molecule has 10 nitrogen and oxygen atoms in total. The first-order valence-corrected chi connectivity index (χ1v) is 14.6. The largest absolute Gasteiger partial charge is 0.383 e. The monoisotopic (exact) mass is 623 g/mol. The van der Waals surface area contributed by atoms with Gasteiger partial charge in [0, 0.05) is 61.4 Å². The lowest BCUT2D eigenvalue weighted by atomic mass is 10.00. The maximum absolute atomic E-state index is 15.5. The molecule has 4 aromatic rings. The van der Waals surface area contributed by atoms with E-state index in [1.54, 1.807) is 44.8 Å². The topological polar surface area (TPSA) is 115 Å². The van der Waals surface area contributed by atoms with Crippen molar-refractivity contribution in [1.29, 1.82) is 0 Å². The fourth-order valence-corrected chi connectivity index (χ4v) is 6.39. The maximum atomic E-state index is 15.5. The first-order valence-electron chi connectivity index (χ1n) is 14.3. The molecule has 2 amide bonds. The van der Waals surface area contributed by atoms with E-state index in [1.807, 2.05) is 0 Å². The predicted octanol–water partition coefficient (Wildman–Crippen LogP) is 4.35. The van der Waals surface area contributed by atoms with Crippen LogP contribution >= 0.6 is 11.6 Å². The van der Waals surface area contributed by atoms with Crippen molar-refractivity contribution in [2.24, 2.45) is 18.9 Å². The van der Waals surface area contributed by atoms with Crippen molar-refractivity contribution >= 4 is 29.1 Å². The van der Waals surface area contributed by atoms with Gasteiger partial charge in [0.25, 0.3) is 11.8 Å². The summed E-state index contributed by atoms with van der Waals surface area (Å²) in [5.41, 5.74) is 2.72. The molecule has 3 heterocycles. The maximum Gasteiger partial charge on any atom is 0.291 e. The van der Waals surface area contributed by atoms with Crippen molar-refractivity contribution in [2.45, 2.75) is 26.4 Å². The Morgan fingerprint density at radius 2 is 1.80 bits per heavy atom. The summed E-state index contributed by atoms with van der Waals surface area (Å²) in [6.07, 6.45) is 1.31. The van der Waals surface area contributed by atoms with E-state index in [9.17, 15) is 9.59 Å². The number of piperidine rings is 1. The number of nitrogens with zero attached hydrogens (tertiary/aromatic N) is 4. The number of fused-ring (bicyclic) bond motifs is 1. The number of methoxy groups -OCH3 is 1. The summed E-state index contributed by atoms with van der Waals surface area (Å²) in [5.74, 6) is -2.02. The van der Waals surface area contributed by atoms with Gasteiger partial charge in [0.15, 0.2) is 17.5 Å². The molecule has 6 rings (SSSR count). The van der Waals surface area contributed by atoms with E-state index in [0.717, 1.165) is 13.1 Å². The molecule has 0 radical (unpaired) electrons. The number of carbonyl (C=O) groups excluding carboxylic acids is 2. The van der Waals surface area contributed by atoms with Crippen LogP contribution in [0.15, 0.2) is 36.5 Å². The summed E-state index contributed by atoms with van der Waals surface area (Å²) < 4.78 is 39.2. The summed E-state index contributed by atoms with van der Waals surface area (Å²) in [5, 5.41) is 13.7. The van der Waals surface area contributed by atoms with E-state index in [2.05, 4.69) is 26.0 Å². The molecular weight excluding hydrogens is 592 g/mol. The van der Waals surface area contributed by atoms with Crippen molar-refractivity contribution in [2.75, 3.05) is 32.1 Å². The van der Waals surface area contributed by atoms with Gasteiger partial charge in [-0.05, 0) is 49.9 Å². The first kappa shape index (κ1) is 29.9. The van der Waals surface area contributed by atoms with Gasteiger partial charge in [-0.1, -0.05) is 17.7 Å². The standard InChI is InChI=1S/C31H32ClF2N7O3/c1-15-25(16(2)41(39-15)9-10-44-4)20-8-7-19(26(33)27(20)34)24-14-36-29(40(24)3)31(43)37-17-5-6-18(23(32)11-17)30(42)38-28-21-12-35-13-22(21)28/h5-8,11,14,21-22,28,35H,9-10,12-13H2,1-4H3,(H,37,43)(H,38,42)/t21-,22+,28+. The molecule has 1 saturated carbocycles. The van der Waals surface area contributed by atoms with Gasteiger partial charge >= 0.3 is 0 Å². The summed E-state index contributed by atoms with van der Waals surface area (Å²) in [6, 6.07) is 7.75. The van der Waals surface area contributed by atoms with Crippen LogP contribution < -0.4 is 16.0 Å². The number of aryl methyl sites for hydroxylation is 1. The number of hydrogen-bond donors (Lipinski definition) is 3. The zero-order valence-corrected chi connectivity index (χ0v) is 25.4. The van der Waals surface area contributed by atoms with Gasteiger partial charge in [-0.3, -0.25) is 14.3 Å². The third-order valence-electron chi connectivity index (χ3n) is 8.57. The Morgan fingerprint density at radius 1 is 1.09 bits per heavy atom. The minimum Gasteiger partial charge on any atom is -0.383 e. The van der Waals surface area contributed by atoms with E-state index >= 15 is 8.78 Å². The van der Waals surface area contributed by atoms with E-state index in [4.69, 9.17) is 16.3 Å². The van der Waals surface area contributed by atoms with Crippen LogP contribution in [0.2, 0.25) is 5.02 Å². The molecule has 2 aromatic carbocycles. The van der Waals surface area contributed by atoms with Gasteiger partial charge in [-0.15, -0.1) is 0 Å². The van der Waals surface area contributed by atoms with Gasteiger partial charge < -0.3 is 25.3 Å². The van der Waals surface area contributed by atoms with Crippen LogP contribution in [0.1, 0.15) is 32.4 Å². The Balaban J connectivity index is 1.18.